The van der Waals surface area contributed by atoms with Crippen molar-refractivity contribution in [2.24, 2.45) is 0 Å². The largest absolute Gasteiger partial charge is 0.444 e. The van der Waals surface area contributed by atoms with Crippen molar-refractivity contribution in [2.45, 2.75) is 52.8 Å². The molecule has 1 aliphatic heterocycles. The van der Waals surface area contributed by atoms with Gasteiger partial charge in [0.2, 0.25) is 0 Å². The highest BCUT2D eigenvalue weighted by atomic mass is 35.5. The molecule has 0 atom stereocenters. The van der Waals surface area contributed by atoms with Crippen LogP contribution in [-0.4, -0.2) is 43.8 Å². The fourth-order valence-electron chi connectivity index (χ4n) is 3.56. The molecule has 1 aliphatic rings. The SMILES string of the molecule is Cc1nn(Cc2ccccc2)c(Cl)c1C(=O)Nc1nc2c(s1)CN(C(=O)OC(C)(C)C)CC2. The summed E-state index contributed by atoms with van der Waals surface area (Å²) < 4.78 is 7.09. The number of rotatable bonds is 4. The zero-order valence-electron chi connectivity index (χ0n) is 19.0. The quantitative estimate of drug-likeness (QED) is 0.565. The monoisotopic (exact) mass is 487 g/mol. The number of carbonyl (C=O) groups excluding carboxylic acids is 2. The molecule has 0 spiro atoms. The first-order chi connectivity index (χ1) is 15.6. The van der Waals surface area contributed by atoms with Gasteiger partial charge in [0.1, 0.15) is 10.8 Å². The first-order valence-corrected chi connectivity index (χ1v) is 11.8. The molecule has 0 saturated heterocycles. The number of thiazole rings is 1. The topological polar surface area (TPSA) is 89.4 Å². The Labute approximate surface area is 201 Å². The predicted molar refractivity (Wildman–Crippen MR) is 128 cm³/mol. The summed E-state index contributed by atoms with van der Waals surface area (Å²) in [4.78, 5) is 32.5. The smallest absolute Gasteiger partial charge is 0.410 e. The minimum atomic E-state index is -0.549. The van der Waals surface area contributed by atoms with E-state index < -0.39 is 5.60 Å². The molecule has 0 aliphatic carbocycles. The number of halogens is 1. The Morgan fingerprint density at radius 3 is 2.67 bits per heavy atom. The van der Waals surface area contributed by atoms with E-state index in [4.69, 9.17) is 16.3 Å². The van der Waals surface area contributed by atoms with Gasteiger partial charge in [-0.25, -0.2) is 14.5 Å². The first-order valence-electron chi connectivity index (χ1n) is 10.7. The van der Waals surface area contributed by atoms with Crippen molar-refractivity contribution in [1.29, 1.82) is 0 Å². The van der Waals surface area contributed by atoms with Gasteiger partial charge in [0.15, 0.2) is 5.13 Å². The Bertz CT molecular complexity index is 1180. The molecule has 2 amide bonds. The highest BCUT2D eigenvalue weighted by Crippen LogP contribution is 2.30. The summed E-state index contributed by atoms with van der Waals surface area (Å²) in [5.41, 5.74) is 2.25. The van der Waals surface area contributed by atoms with E-state index in [2.05, 4.69) is 15.4 Å². The summed E-state index contributed by atoms with van der Waals surface area (Å²) in [5.74, 6) is -0.355. The average molecular weight is 488 g/mol. The van der Waals surface area contributed by atoms with Crippen molar-refractivity contribution in [3.8, 4) is 0 Å². The van der Waals surface area contributed by atoms with Gasteiger partial charge in [0, 0.05) is 17.8 Å². The second-order valence-corrected chi connectivity index (χ2v) is 10.3. The van der Waals surface area contributed by atoms with Crippen LogP contribution in [0.2, 0.25) is 5.15 Å². The standard InChI is InChI=1S/C23H26ClN5O3S/c1-14-18(19(24)29(27-14)12-15-8-6-5-7-9-15)20(30)26-21-25-16-10-11-28(13-17(16)33-21)22(31)32-23(2,3)4/h5-9H,10-13H2,1-4H3,(H,25,26,30). The Hall–Kier alpha value is -2.91. The van der Waals surface area contributed by atoms with E-state index in [9.17, 15) is 9.59 Å². The van der Waals surface area contributed by atoms with Gasteiger partial charge in [0.25, 0.3) is 5.91 Å². The van der Waals surface area contributed by atoms with Crippen molar-refractivity contribution in [3.05, 3.63) is 62.9 Å². The fraction of sp³-hybridized carbons (Fsp3) is 0.391. The van der Waals surface area contributed by atoms with E-state index in [-0.39, 0.29) is 17.2 Å². The summed E-state index contributed by atoms with van der Waals surface area (Å²) in [6.45, 7) is 8.69. The third-order valence-electron chi connectivity index (χ3n) is 5.07. The molecule has 1 N–H and O–H groups in total. The predicted octanol–water partition coefficient (Wildman–Crippen LogP) is 4.90. The van der Waals surface area contributed by atoms with Crippen LogP contribution in [0.15, 0.2) is 30.3 Å². The summed E-state index contributed by atoms with van der Waals surface area (Å²) in [5, 5.41) is 8.05. The van der Waals surface area contributed by atoms with E-state index in [0.29, 0.717) is 42.4 Å². The number of hydrogen-bond donors (Lipinski definition) is 1. The number of nitrogens with one attached hydrogen (secondary N) is 1. The molecule has 0 radical (unpaired) electrons. The van der Waals surface area contributed by atoms with E-state index in [1.807, 2.05) is 51.1 Å². The van der Waals surface area contributed by atoms with Crippen molar-refractivity contribution in [3.63, 3.8) is 0 Å². The van der Waals surface area contributed by atoms with Crippen LogP contribution in [-0.2, 0) is 24.2 Å². The minimum Gasteiger partial charge on any atom is -0.444 e. The van der Waals surface area contributed by atoms with Crippen LogP contribution in [0.4, 0.5) is 9.93 Å². The molecule has 8 nitrogen and oxygen atoms in total. The number of hydrogen-bond acceptors (Lipinski definition) is 6. The highest BCUT2D eigenvalue weighted by molar-refractivity contribution is 7.15. The number of nitrogens with zero attached hydrogens (tertiary/aromatic N) is 4. The number of anilines is 1. The molecule has 33 heavy (non-hydrogen) atoms. The van der Waals surface area contributed by atoms with Crippen LogP contribution in [0.5, 0.6) is 0 Å². The number of benzene rings is 1. The van der Waals surface area contributed by atoms with E-state index in [1.165, 1.54) is 11.3 Å². The number of carbonyl (C=O) groups is 2. The van der Waals surface area contributed by atoms with Gasteiger partial charge in [-0.05, 0) is 33.3 Å². The van der Waals surface area contributed by atoms with E-state index >= 15 is 0 Å². The first kappa shape index (κ1) is 23.3. The zero-order chi connectivity index (χ0) is 23.8. The Morgan fingerprint density at radius 1 is 1.24 bits per heavy atom. The lowest BCUT2D eigenvalue weighted by Gasteiger charge is -2.29. The molecule has 3 aromatic rings. The number of fused-ring (bicyclic) bond motifs is 1. The minimum absolute atomic E-state index is 0.284. The molecule has 0 unspecified atom stereocenters. The summed E-state index contributed by atoms with van der Waals surface area (Å²) in [6.07, 6.45) is 0.260. The lowest BCUT2D eigenvalue weighted by Crippen LogP contribution is -2.39. The highest BCUT2D eigenvalue weighted by Gasteiger charge is 2.29. The van der Waals surface area contributed by atoms with Gasteiger partial charge in [-0.15, -0.1) is 0 Å². The third kappa shape index (κ3) is 5.36. The summed E-state index contributed by atoms with van der Waals surface area (Å²) >= 11 is 7.87. The van der Waals surface area contributed by atoms with Crippen LogP contribution in [0.3, 0.4) is 0 Å². The Balaban J connectivity index is 1.46. The van der Waals surface area contributed by atoms with Crippen LogP contribution in [0.1, 0.15) is 53.0 Å². The second-order valence-electron chi connectivity index (χ2n) is 8.89. The molecule has 1 aromatic carbocycles. The Kier molecular flexibility index (Phi) is 6.45. The lowest BCUT2D eigenvalue weighted by atomic mass is 10.2. The van der Waals surface area contributed by atoms with E-state index in [1.54, 1.807) is 16.5 Å². The fourth-order valence-corrected chi connectivity index (χ4v) is 4.90. The lowest BCUT2D eigenvalue weighted by molar-refractivity contribution is 0.0225. The maximum absolute atomic E-state index is 13.0. The summed E-state index contributed by atoms with van der Waals surface area (Å²) in [7, 11) is 0. The van der Waals surface area contributed by atoms with E-state index in [0.717, 1.165) is 16.1 Å². The molecule has 2 aromatic heterocycles. The molecule has 174 valence electrons. The molecule has 0 fully saturated rings. The normalized spacial score (nSPS) is 13.5. The number of aryl methyl sites for hydroxylation is 1. The van der Waals surface area contributed by atoms with Crippen molar-refractivity contribution in [2.75, 3.05) is 11.9 Å². The van der Waals surface area contributed by atoms with Gasteiger partial charge in [-0.3, -0.25) is 10.1 Å². The van der Waals surface area contributed by atoms with Crippen LogP contribution in [0, 0.1) is 6.92 Å². The van der Waals surface area contributed by atoms with Crippen molar-refractivity contribution < 1.29 is 14.3 Å². The third-order valence-corrected chi connectivity index (χ3v) is 6.45. The zero-order valence-corrected chi connectivity index (χ0v) is 20.6. The van der Waals surface area contributed by atoms with Gasteiger partial charge in [-0.2, -0.15) is 5.10 Å². The number of amides is 2. The van der Waals surface area contributed by atoms with Crippen LogP contribution >= 0.6 is 22.9 Å². The maximum atomic E-state index is 13.0. The van der Waals surface area contributed by atoms with Gasteiger partial charge in [0.05, 0.1) is 30.0 Å². The molecule has 10 heteroatoms. The molecule has 3 heterocycles. The average Bonchev–Trinajstić information content (AvgIpc) is 3.26. The molecular weight excluding hydrogens is 462 g/mol. The van der Waals surface area contributed by atoms with Crippen LogP contribution < -0.4 is 5.32 Å². The molecular formula is C23H26ClN5O3S. The number of aromatic nitrogens is 3. The molecule has 0 bridgehead atoms. The number of ether oxygens (including phenoxy) is 1. The molecule has 0 saturated carbocycles. The maximum Gasteiger partial charge on any atom is 0.410 e. The second kappa shape index (κ2) is 9.15. The summed E-state index contributed by atoms with van der Waals surface area (Å²) in [6, 6.07) is 9.79. The van der Waals surface area contributed by atoms with Gasteiger partial charge < -0.3 is 9.64 Å². The van der Waals surface area contributed by atoms with Crippen molar-refractivity contribution >= 4 is 40.1 Å². The van der Waals surface area contributed by atoms with Gasteiger partial charge >= 0.3 is 6.09 Å². The van der Waals surface area contributed by atoms with Crippen LogP contribution in [0.25, 0.3) is 0 Å². The Morgan fingerprint density at radius 2 is 1.97 bits per heavy atom. The van der Waals surface area contributed by atoms with Gasteiger partial charge in [-0.1, -0.05) is 53.3 Å². The molecule has 4 rings (SSSR count). The van der Waals surface area contributed by atoms with Crippen molar-refractivity contribution in [1.82, 2.24) is 19.7 Å².